The third-order valence-corrected chi connectivity index (χ3v) is 4.67. The number of benzene rings is 1. The van der Waals surface area contributed by atoms with Gasteiger partial charge in [0.25, 0.3) is 0 Å². The average molecular weight is 307 g/mol. The predicted octanol–water partition coefficient (Wildman–Crippen LogP) is 2.77. The Hall–Kier alpha value is -1.10. The number of nitrogens with one attached hydrogen (secondary N) is 1. The molecule has 1 aliphatic heterocycles. The van der Waals surface area contributed by atoms with Gasteiger partial charge >= 0.3 is 0 Å². The summed E-state index contributed by atoms with van der Waals surface area (Å²) in [6, 6.07) is 8.56. The second-order valence-corrected chi connectivity index (χ2v) is 6.65. The predicted molar refractivity (Wildman–Crippen MR) is 88.1 cm³/mol. The van der Waals surface area contributed by atoms with Crippen LogP contribution in [-0.2, 0) is 4.74 Å². The molecule has 0 aliphatic carbocycles. The highest BCUT2D eigenvalue weighted by Crippen LogP contribution is 2.33. The Kier molecular flexibility index (Phi) is 6.24. The van der Waals surface area contributed by atoms with Crippen LogP contribution in [0.2, 0.25) is 0 Å². The minimum Gasteiger partial charge on any atom is -0.497 e. The molecule has 0 bridgehead atoms. The molecular weight excluding hydrogens is 278 g/mol. The van der Waals surface area contributed by atoms with E-state index in [0.717, 1.165) is 38.3 Å². The molecule has 2 N–H and O–H groups in total. The summed E-state index contributed by atoms with van der Waals surface area (Å²) in [6.07, 6.45) is 1.82. The second-order valence-electron chi connectivity index (χ2n) is 6.65. The van der Waals surface area contributed by atoms with Gasteiger partial charge in [0.2, 0.25) is 0 Å². The molecule has 1 aromatic carbocycles. The molecule has 22 heavy (non-hydrogen) atoms. The van der Waals surface area contributed by atoms with Crippen molar-refractivity contribution in [2.45, 2.75) is 32.7 Å². The van der Waals surface area contributed by atoms with Gasteiger partial charge in [-0.2, -0.15) is 0 Å². The summed E-state index contributed by atoms with van der Waals surface area (Å²) < 4.78 is 10.8. The van der Waals surface area contributed by atoms with Gasteiger partial charge in [0, 0.05) is 31.2 Å². The lowest BCUT2D eigenvalue weighted by Crippen LogP contribution is -2.39. The van der Waals surface area contributed by atoms with Crippen molar-refractivity contribution >= 4 is 0 Å². The monoisotopic (exact) mass is 307 g/mol. The Balaban J connectivity index is 2.04. The van der Waals surface area contributed by atoms with Gasteiger partial charge in [0.05, 0.1) is 13.7 Å². The molecule has 2 atom stereocenters. The first-order valence-corrected chi connectivity index (χ1v) is 8.16. The summed E-state index contributed by atoms with van der Waals surface area (Å²) >= 11 is 0. The molecule has 1 aromatic rings. The van der Waals surface area contributed by atoms with Gasteiger partial charge in [-0.3, -0.25) is 0 Å². The average Bonchev–Trinajstić information content (AvgIpc) is 2.97. The van der Waals surface area contributed by atoms with Crippen molar-refractivity contribution in [3.05, 3.63) is 29.8 Å². The van der Waals surface area contributed by atoms with Crippen molar-refractivity contribution < 1.29 is 14.6 Å². The molecule has 1 aliphatic rings. The molecule has 1 fully saturated rings. The van der Waals surface area contributed by atoms with E-state index in [9.17, 15) is 5.11 Å². The summed E-state index contributed by atoms with van der Waals surface area (Å²) in [5.74, 6) is 1.37. The maximum Gasteiger partial charge on any atom is 0.118 e. The van der Waals surface area contributed by atoms with Crippen molar-refractivity contribution in [1.29, 1.82) is 0 Å². The van der Waals surface area contributed by atoms with E-state index in [1.54, 1.807) is 7.11 Å². The standard InChI is InChI=1S/C18H29NO3/c1-14(2)17(15-4-6-16(21-3)7-5-15)19-12-18(8-10-20)9-11-22-13-18/h4-7,14,17,19-20H,8-13H2,1-3H3. The van der Waals surface area contributed by atoms with Crippen molar-refractivity contribution in [2.75, 3.05) is 33.5 Å². The van der Waals surface area contributed by atoms with E-state index in [2.05, 4.69) is 31.3 Å². The fraction of sp³-hybridized carbons (Fsp3) is 0.667. The van der Waals surface area contributed by atoms with E-state index in [4.69, 9.17) is 9.47 Å². The maximum atomic E-state index is 9.34. The van der Waals surface area contributed by atoms with E-state index >= 15 is 0 Å². The molecule has 0 amide bonds. The number of aliphatic hydroxyl groups is 1. The third-order valence-electron chi connectivity index (χ3n) is 4.67. The number of hydrogen-bond donors (Lipinski definition) is 2. The molecule has 0 spiro atoms. The Morgan fingerprint density at radius 3 is 2.55 bits per heavy atom. The molecule has 124 valence electrons. The first-order chi connectivity index (χ1) is 10.6. The number of rotatable bonds is 8. The lowest BCUT2D eigenvalue weighted by atomic mass is 9.83. The molecule has 4 heteroatoms. The molecular formula is C18H29NO3. The van der Waals surface area contributed by atoms with Crippen LogP contribution >= 0.6 is 0 Å². The van der Waals surface area contributed by atoms with Crippen molar-refractivity contribution in [2.24, 2.45) is 11.3 Å². The minimum absolute atomic E-state index is 0.0777. The molecule has 1 saturated heterocycles. The zero-order valence-corrected chi connectivity index (χ0v) is 14.0. The van der Waals surface area contributed by atoms with Crippen LogP contribution < -0.4 is 10.1 Å². The Morgan fingerprint density at radius 1 is 1.32 bits per heavy atom. The normalized spacial score (nSPS) is 23.0. The SMILES string of the molecule is COc1ccc(C(NCC2(CCO)CCOC2)C(C)C)cc1. The summed E-state index contributed by atoms with van der Waals surface area (Å²) in [7, 11) is 1.69. The van der Waals surface area contributed by atoms with Crippen LogP contribution in [0.15, 0.2) is 24.3 Å². The van der Waals surface area contributed by atoms with Crippen LogP contribution in [0.4, 0.5) is 0 Å². The highest BCUT2D eigenvalue weighted by atomic mass is 16.5. The molecule has 4 nitrogen and oxygen atoms in total. The Labute approximate surface area is 133 Å². The van der Waals surface area contributed by atoms with Gasteiger partial charge in [-0.15, -0.1) is 0 Å². The third kappa shape index (κ3) is 4.22. The van der Waals surface area contributed by atoms with Crippen molar-refractivity contribution in [1.82, 2.24) is 5.32 Å². The fourth-order valence-corrected chi connectivity index (χ4v) is 3.19. The van der Waals surface area contributed by atoms with Crippen LogP contribution in [-0.4, -0.2) is 38.6 Å². The van der Waals surface area contributed by atoms with Gasteiger partial charge in [-0.25, -0.2) is 0 Å². The summed E-state index contributed by atoms with van der Waals surface area (Å²) in [6.45, 7) is 7.10. The molecule has 1 heterocycles. The Bertz CT molecular complexity index is 438. The zero-order chi connectivity index (χ0) is 16.0. The largest absolute Gasteiger partial charge is 0.497 e. The van der Waals surface area contributed by atoms with Crippen LogP contribution in [0.3, 0.4) is 0 Å². The van der Waals surface area contributed by atoms with Crippen LogP contribution in [0, 0.1) is 11.3 Å². The molecule has 2 unspecified atom stereocenters. The molecule has 0 saturated carbocycles. The minimum atomic E-state index is 0.0777. The van der Waals surface area contributed by atoms with Gasteiger partial charge < -0.3 is 19.9 Å². The summed E-state index contributed by atoms with van der Waals surface area (Å²) in [4.78, 5) is 0. The van der Waals surface area contributed by atoms with E-state index < -0.39 is 0 Å². The number of aliphatic hydroxyl groups excluding tert-OH is 1. The van der Waals surface area contributed by atoms with Gasteiger partial charge in [-0.05, 0) is 36.5 Å². The number of hydrogen-bond acceptors (Lipinski definition) is 4. The lowest BCUT2D eigenvalue weighted by molar-refractivity contribution is 0.120. The zero-order valence-electron chi connectivity index (χ0n) is 14.0. The van der Waals surface area contributed by atoms with Gasteiger partial charge in [0.15, 0.2) is 0 Å². The topological polar surface area (TPSA) is 50.7 Å². The van der Waals surface area contributed by atoms with Crippen LogP contribution in [0.25, 0.3) is 0 Å². The van der Waals surface area contributed by atoms with Crippen LogP contribution in [0.1, 0.15) is 38.3 Å². The number of ether oxygens (including phenoxy) is 2. The Morgan fingerprint density at radius 2 is 2.05 bits per heavy atom. The molecule has 0 radical (unpaired) electrons. The van der Waals surface area contributed by atoms with Gasteiger partial charge in [0.1, 0.15) is 5.75 Å². The molecule has 0 aromatic heterocycles. The van der Waals surface area contributed by atoms with Gasteiger partial charge in [-0.1, -0.05) is 26.0 Å². The molecule has 2 rings (SSSR count). The summed E-state index contributed by atoms with van der Waals surface area (Å²) in [5.41, 5.74) is 1.35. The summed E-state index contributed by atoms with van der Waals surface area (Å²) in [5, 5.41) is 13.1. The maximum absolute atomic E-state index is 9.34. The quantitative estimate of drug-likeness (QED) is 0.775. The van der Waals surface area contributed by atoms with Crippen molar-refractivity contribution in [3.8, 4) is 5.75 Å². The van der Waals surface area contributed by atoms with Crippen molar-refractivity contribution in [3.63, 3.8) is 0 Å². The van der Waals surface area contributed by atoms with E-state index in [1.807, 2.05) is 12.1 Å². The van der Waals surface area contributed by atoms with Crippen LogP contribution in [0.5, 0.6) is 5.75 Å². The fourth-order valence-electron chi connectivity index (χ4n) is 3.19. The van der Waals surface area contributed by atoms with E-state index in [-0.39, 0.29) is 12.0 Å². The first kappa shape index (κ1) is 17.3. The highest BCUT2D eigenvalue weighted by molar-refractivity contribution is 5.29. The lowest BCUT2D eigenvalue weighted by Gasteiger charge is -2.31. The highest BCUT2D eigenvalue weighted by Gasteiger charge is 2.35. The van der Waals surface area contributed by atoms with E-state index in [0.29, 0.717) is 12.0 Å². The smallest absolute Gasteiger partial charge is 0.118 e. The number of methoxy groups -OCH3 is 1. The van der Waals surface area contributed by atoms with E-state index in [1.165, 1.54) is 5.56 Å². The first-order valence-electron chi connectivity index (χ1n) is 8.16. The second kappa shape index (κ2) is 7.95.